The zero-order valence-electron chi connectivity index (χ0n) is 18.8. The Morgan fingerprint density at radius 2 is 1.97 bits per heavy atom. The molecule has 1 heterocycles. The number of carbonyl (C=O) groups excluding carboxylic acids is 1. The third-order valence-electron chi connectivity index (χ3n) is 4.85. The first kappa shape index (κ1) is 26.1. The summed E-state index contributed by atoms with van der Waals surface area (Å²) >= 11 is 0. The molecule has 2 aromatic rings. The Morgan fingerprint density at radius 1 is 1.31 bits per heavy atom. The number of amides is 1. The molecule has 6 nitrogen and oxygen atoms in total. The van der Waals surface area contributed by atoms with Gasteiger partial charge in [-0.2, -0.15) is 13.1 Å². The first-order chi connectivity index (χ1) is 14.8. The third-order valence-corrected chi connectivity index (χ3v) is 5.97. The van der Waals surface area contributed by atoms with Gasteiger partial charge in [0.05, 0.1) is 17.7 Å². The number of aromatic nitrogens is 1. The molecule has 0 aliphatic carbocycles. The monoisotopic (exact) mass is 473 g/mol. The maximum atomic E-state index is 14.3. The van der Waals surface area contributed by atoms with Crippen molar-refractivity contribution in [2.45, 2.75) is 77.0 Å². The Bertz CT molecular complexity index is 998. The average Bonchev–Trinajstić information content (AvgIpc) is 3.05. The molecule has 0 aliphatic rings. The lowest BCUT2D eigenvalue weighted by Gasteiger charge is -2.19. The molecule has 1 unspecified atom stereocenters. The fourth-order valence-electron chi connectivity index (χ4n) is 3.35. The van der Waals surface area contributed by atoms with Crippen molar-refractivity contribution in [3.63, 3.8) is 0 Å². The molecule has 32 heavy (non-hydrogen) atoms. The van der Waals surface area contributed by atoms with E-state index in [-0.39, 0.29) is 28.8 Å². The fraction of sp³-hybridized carbons (Fsp3) is 0.500. The molecule has 2 rings (SSSR count). The van der Waals surface area contributed by atoms with Crippen molar-refractivity contribution in [3.8, 4) is 5.75 Å². The van der Waals surface area contributed by atoms with Crippen LogP contribution in [0.25, 0.3) is 0 Å². The van der Waals surface area contributed by atoms with Crippen LogP contribution in [-0.2, 0) is 34.1 Å². The molecule has 0 aliphatic heterocycles. The van der Waals surface area contributed by atoms with Crippen LogP contribution < -0.4 is 9.88 Å². The van der Waals surface area contributed by atoms with Gasteiger partial charge in [-0.25, -0.2) is 4.39 Å². The highest BCUT2D eigenvalue weighted by atomic mass is 32.2. The van der Waals surface area contributed by atoms with Crippen molar-refractivity contribution in [1.82, 2.24) is 4.98 Å². The Balaban J connectivity index is 2.40. The number of nitrogens with zero attached hydrogens (tertiary/aromatic N) is 1. The van der Waals surface area contributed by atoms with Gasteiger partial charge in [-0.3, -0.25) is 9.93 Å². The standard InChI is InChI=1S/C22H30F3N3O3S/c1-6-7-13-8-14(31-21(24)25)9-15(12(2)3)16(13)10-19(29)28-32(26)20-17(23)11-18(27-20)22(4,5)30/h8-9,11-12,21,27,30H,6-7,10H2,1-5H3,(H2,26,28,29). The van der Waals surface area contributed by atoms with Crippen LogP contribution in [0.4, 0.5) is 13.2 Å². The van der Waals surface area contributed by atoms with E-state index in [1.165, 1.54) is 26.0 Å². The van der Waals surface area contributed by atoms with Crippen LogP contribution >= 0.6 is 0 Å². The van der Waals surface area contributed by atoms with Gasteiger partial charge >= 0.3 is 6.61 Å². The summed E-state index contributed by atoms with van der Waals surface area (Å²) in [5, 5.41) is 15.9. The number of aliphatic hydroxyl groups is 1. The summed E-state index contributed by atoms with van der Waals surface area (Å²) in [6.45, 7) is 5.75. The molecule has 1 amide bonds. The van der Waals surface area contributed by atoms with Crippen molar-refractivity contribution >= 4 is 16.8 Å². The van der Waals surface area contributed by atoms with Gasteiger partial charge < -0.3 is 14.8 Å². The Hall–Kier alpha value is -2.17. The van der Waals surface area contributed by atoms with Gasteiger partial charge in [-0.15, -0.1) is 0 Å². The average molecular weight is 474 g/mol. The summed E-state index contributed by atoms with van der Waals surface area (Å²) in [5.74, 6) is -1.25. The predicted octanol–water partition coefficient (Wildman–Crippen LogP) is 4.86. The van der Waals surface area contributed by atoms with Crippen LogP contribution in [0.3, 0.4) is 0 Å². The number of nitrogens with two attached hydrogens (primary N) is 1. The summed E-state index contributed by atoms with van der Waals surface area (Å²) in [6.07, 6.45) is 1.21. The largest absolute Gasteiger partial charge is 0.435 e. The van der Waals surface area contributed by atoms with Crippen molar-refractivity contribution in [2.24, 2.45) is 9.50 Å². The molecule has 0 saturated carbocycles. The highest BCUT2D eigenvalue weighted by Crippen LogP contribution is 2.31. The van der Waals surface area contributed by atoms with Crippen molar-refractivity contribution in [3.05, 3.63) is 46.4 Å². The van der Waals surface area contributed by atoms with E-state index in [2.05, 4.69) is 14.1 Å². The fourth-order valence-corrected chi connectivity index (χ4v) is 4.20. The highest BCUT2D eigenvalue weighted by Gasteiger charge is 2.23. The predicted molar refractivity (Wildman–Crippen MR) is 118 cm³/mol. The van der Waals surface area contributed by atoms with E-state index in [1.807, 2.05) is 20.8 Å². The molecule has 1 aromatic heterocycles. The minimum atomic E-state index is -2.95. The number of hydrogen-bond donors (Lipinski definition) is 3. The molecule has 1 atom stereocenters. The van der Waals surface area contributed by atoms with E-state index in [4.69, 9.17) is 5.14 Å². The van der Waals surface area contributed by atoms with Gasteiger partial charge in [-0.05, 0) is 61.1 Å². The molecule has 0 radical (unpaired) electrons. The summed E-state index contributed by atoms with van der Waals surface area (Å²) in [7, 11) is -1.59. The molecule has 0 spiro atoms. The van der Waals surface area contributed by atoms with Gasteiger partial charge in [0.15, 0.2) is 5.82 Å². The molecule has 1 aromatic carbocycles. The van der Waals surface area contributed by atoms with Crippen LogP contribution in [0, 0.1) is 5.82 Å². The SMILES string of the molecule is CCCc1cc(OC(F)F)cc(C(C)C)c1CC(=O)N=S(N)c1[nH]c(C(C)(C)O)cc1F. The summed E-state index contributed by atoms with van der Waals surface area (Å²) in [4.78, 5) is 15.4. The minimum Gasteiger partial charge on any atom is -0.435 e. The van der Waals surface area contributed by atoms with E-state index >= 15 is 0 Å². The van der Waals surface area contributed by atoms with Gasteiger partial charge in [0, 0.05) is 10.9 Å². The number of nitrogens with one attached hydrogen (secondary N) is 1. The normalized spacial score (nSPS) is 13.2. The van der Waals surface area contributed by atoms with Gasteiger partial charge in [0.2, 0.25) is 0 Å². The lowest BCUT2D eigenvalue weighted by Crippen LogP contribution is -2.16. The van der Waals surface area contributed by atoms with Crippen LogP contribution in [0.15, 0.2) is 27.6 Å². The number of aryl methyl sites for hydroxylation is 1. The molecule has 0 fully saturated rings. The number of aromatic amines is 1. The molecule has 178 valence electrons. The molecular formula is C22H30F3N3O3S. The van der Waals surface area contributed by atoms with Crippen molar-refractivity contribution in [1.29, 1.82) is 0 Å². The molecule has 0 bridgehead atoms. The first-order valence-electron chi connectivity index (χ1n) is 10.3. The van der Waals surface area contributed by atoms with Gasteiger partial charge in [-0.1, -0.05) is 27.2 Å². The second-order valence-corrected chi connectivity index (χ2v) is 9.55. The third kappa shape index (κ3) is 6.66. The number of halogens is 3. The quantitative estimate of drug-likeness (QED) is 0.484. The number of H-pyrrole nitrogens is 1. The Labute approximate surface area is 188 Å². The Morgan fingerprint density at radius 3 is 2.47 bits per heavy atom. The number of alkyl halides is 2. The molecule has 4 N–H and O–H groups in total. The smallest absolute Gasteiger partial charge is 0.387 e. The molecule has 0 saturated heterocycles. The van der Waals surface area contributed by atoms with Crippen molar-refractivity contribution in [2.75, 3.05) is 0 Å². The van der Waals surface area contributed by atoms with Crippen LogP contribution in [0.1, 0.15) is 69.3 Å². The van der Waals surface area contributed by atoms with Gasteiger partial charge in [0.1, 0.15) is 10.8 Å². The summed E-state index contributed by atoms with van der Waals surface area (Å²) < 4.78 is 48.3. The van der Waals surface area contributed by atoms with Crippen molar-refractivity contribution < 1.29 is 27.8 Å². The molecular weight excluding hydrogens is 443 g/mol. The minimum absolute atomic E-state index is 0.0477. The second kappa shape index (κ2) is 10.6. The zero-order chi connectivity index (χ0) is 24.2. The lowest BCUT2D eigenvalue weighted by molar-refractivity contribution is -0.117. The maximum Gasteiger partial charge on any atom is 0.387 e. The number of ether oxygens (including phenoxy) is 1. The summed E-state index contributed by atoms with van der Waals surface area (Å²) in [5.41, 5.74) is 1.04. The Kier molecular flexibility index (Phi) is 8.67. The van der Waals surface area contributed by atoms with E-state index in [0.717, 1.165) is 18.1 Å². The molecule has 10 heteroatoms. The van der Waals surface area contributed by atoms with E-state index in [0.29, 0.717) is 17.5 Å². The first-order valence-corrected chi connectivity index (χ1v) is 11.5. The van der Waals surface area contributed by atoms with Crippen LogP contribution in [0.5, 0.6) is 5.75 Å². The zero-order valence-corrected chi connectivity index (χ0v) is 19.7. The van der Waals surface area contributed by atoms with E-state index < -0.39 is 34.8 Å². The number of carbonyl (C=O) groups is 1. The number of benzene rings is 1. The number of rotatable bonds is 9. The topological polar surface area (TPSA) is 101 Å². The highest BCUT2D eigenvalue weighted by molar-refractivity contribution is 7.85. The van der Waals surface area contributed by atoms with Crippen LogP contribution in [-0.4, -0.2) is 22.6 Å². The van der Waals surface area contributed by atoms with Gasteiger partial charge in [0.25, 0.3) is 5.91 Å². The van der Waals surface area contributed by atoms with E-state index in [9.17, 15) is 23.1 Å². The lowest BCUT2D eigenvalue weighted by atomic mass is 9.89. The second-order valence-electron chi connectivity index (χ2n) is 8.33. The maximum absolute atomic E-state index is 14.3. The number of hydrogen-bond acceptors (Lipinski definition) is 3. The van der Waals surface area contributed by atoms with E-state index in [1.54, 1.807) is 0 Å². The van der Waals surface area contributed by atoms with Crippen LogP contribution in [0.2, 0.25) is 0 Å². The summed E-state index contributed by atoms with van der Waals surface area (Å²) in [6, 6.07) is 4.16.